The monoisotopic (exact) mass is 257 g/mol. The molecule has 4 heteroatoms. The Morgan fingerprint density at radius 2 is 2.00 bits per heavy atom. The second-order valence-corrected chi connectivity index (χ2v) is 4.31. The summed E-state index contributed by atoms with van der Waals surface area (Å²) in [4.78, 5) is 0. The minimum Gasteiger partial charge on any atom is -0.377 e. The smallest absolute Gasteiger partial charge is 0.163 e. The van der Waals surface area contributed by atoms with Gasteiger partial charge in [-0.15, -0.1) is 0 Å². The Labute approximate surface area is 107 Å². The molecular weight excluding hydrogens is 236 g/mol. The maximum Gasteiger partial charge on any atom is 0.163 e. The third-order valence-corrected chi connectivity index (χ3v) is 2.93. The minimum absolute atomic E-state index is 0.114. The fourth-order valence-corrected chi connectivity index (χ4v) is 1.67. The van der Waals surface area contributed by atoms with Crippen LogP contribution in [0, 0.1) is 11.6 Å². The molecule has 0 amide bonds. The third-order valence-electron chi connectivity index (χ3n) is 2.93. The van der Waals surface area contributed by atoms with Crippen molar-refractivity contribution in [1.29, 1.82) is 0 Å². The van der Waals surface area contributed by atoms with Crippen molar-refractivity contribution in [3.63, 3.8) is 0 Å². The number of ether oxygens (including phenoxy) is 1. The first-order chi connectivity index (χ1) is 8.60. The molecule has 0 aliphatic heterocycles. The molecule has 1 aromatic rings. The molecule has 0 aromatic heterocycles. The highest BCUT2D eigenvalue weighted by molar-refractivity contribution is 5.22. The van der Waals surface area contributed by atoms with Crippen molar-refractivity contribution in [3.8, 4) is 0 Å². The highest BCUT2D eigenvalue weighted by atomic mass is 19.2. The maximum atomic E-state index is 13.7. The minimum atomic E-state index is -0.820. The molecule has 0 heterocycles. The quantitative estimate of drug-likeness (QED) is 0.808. The first kappa shape index (κ1) is 15.1. The number of hydrogen-bond donors (Lipinski definition) is 1. The van der Waals surface area contributed by atoms with Crippen LogP contribution in [0.1, 0.15) is 38.8 Å². The second kappa shape index (κ2) is 7.44. The number of rotatable bonds is 7. The van der Waals surface area contributed by atoms with Crippen LogP contribution in [0.4, 0.5) is 8.78 Å². The standard InChI is InChI=1S/C14H21F2NO/c1-4-10(3)18-9-13(17-5-2)11-7-6-8-12(15)14(11)16/h6-8,10,13,17H,4-5,9H2,1-3H3. The van der Waals surface area contributed by atoms with Crippen LogP contribution < -0.4 is 5.32 Å². The fraction of sp³-hybridized carbons (Fsp3) is 0.571. The second-order valence-electron chi connectivity index (χ2n) is 4.31. The van der Waals surface area contributed by atoms with Gasteiger partial charge in [0.25, 0.3) is 0 Å². The van der Waals surface area contributed by atoms with E-state index in [-0.39, 0.29) is 12.1 Å². The molecule has 0 saturated heterocycles. The SMILES string of the molecule is CCNC(COC(C)CC)c1cccc(F)c1F. The number of benzene rings is 1. The predicted octanol–water partition coefficient (Wildman–Crippen LogP) is 3.43. The number of hydrogen-bond acceptors (Lipinski definition) is 2. The van der Waals surface area contributed by atoms with E-state index in [0.29, 0.717) is 18.7 Å². The normalized spacial score (nSPS) is 14.5. The van der Waals surface area contributed by atoms with E-state index in [1.807, 2.05) is 20.8 Å². The Morgan fingerprint density at radius 1 is 1.28 bits per heavy atom. The summed E-state index contributed by atoms with van der Waals surface area (Å²) in [5, 5.41) is 3.11. The van der Waals surface area contributed by atoms with Crippen molar-refractivity contribution in [3.05, 3.63) is 35.4 Å². The van der Waals surface area contributed by atoms with Crippen molar-refractivity contribution in [1.82, 2.24) is 5.32 Å². The highest BCUT2D eigenvalue weighted by Crippen LogP contribution is 2.20. The summed E-state index contributed by atoms with van der Waals surface area (Å²) in [6, 6.07) is 3.91. The maximum absolute atomic E-state index is 13.7. The predicted molar refractivity (Wildman–Crippen MR) is 68.5 cm³/mol. The van der Waals surface area contributed by atoms with Crippen LogP contribution in [-0.2, 0) is 4.74 Å². The average molecular weight is 257 g/mol. The molecule has 0 spiro atoms. The molecule has 0 aliphatic carbocycles. The Hall–Kier alpha value is -1.00. The van der Waals surface area contributed by atoms with E-state index in [0.717, 1.165) is 12.5 Å². The van der Waals surface area contributed by atoms with Crippen molar-refractivity contribution in [2.45, 2.75) is 39.3 Å². The summed E-state index contributed by atoms with van der Waals surface area (Å²) in [5.41, 5.74) is 0.320. The lowest BCUT2D eigenvalue weighted by Gasteiger charge is -2.21. The van der Waals surface area contributed by atoms with Crippen LogP contribution in [0.3, 0.4) is 0 Å². The zero-order chi connectivity index (χ0) is 13.5. The van der Waals surface area contributed by atoms with Gasteiger partial charge in [0, 0.05) is 5.56 Å². The van der Waals surface area contributed by atoms with Gasteiger partial charge >= 0.3 is 0 Å². The first-order valence-corrected chi connectivity index (χ1v) is 6.39. The van der Waals surface area contributed by atoms with Crippen LogP contribution in [0.25, 0.3) is 0 Å². The van der Waals surface area contributed by atoms with Crippen LogP contribution >= 0.6 is 0 Å². The van der Waals surface area contributed by atoms with Crippen LogP contribution in [0.2, 0.25) is 0 Å². The van der Waals surface area contributed by atoms with Crippen molar-refractivity contribution < 1.29 is 13.5 Å². The molecule has 0 bridgehead atoms. The Kier molecular flexibility index (Phi) is 6.22. The van der Waals surface area contributed by atoms with Crippen molar-refractivity contribution >= 4 is 0 Å². The average Bonchev–Trinajstić information content (AvgIpc) is 2.37. The lowest BCUT2D eigenvalue weighted by molar-refractivity contribution is 0.0469. The molecule has 1 N–H and O–H groups in total. The van der Waals surface area contributed by atoms with Crippen molar-refractivity contribution in [2.75, 3.05) is 13.2 Å². The van der Waals surface area contributed by atoms with Crippen molar-refractivity contribution in [2.24, 2.45) is 0 Å². The van der Waals surface area contributed by atoms with Gasteiger partial charge in [-0.05, 0) is 26.0 Å². The molecule has 18 heavy (non-hydrogen) atoms. The summed E-state index contributed by atoms with van der Waals surface area (Å²) in [7, 11) is 0. The van der Waals surface area contributed by atoms with Gasteiger partial charge in [0.05, 0.1) is 18.8 Å². The molecule has 0 aliphatic rings. The molecule has 1 rings (SSSR count). The summed E-state index contributed by atoms with van der Waals surface area (Å²) >= 11 is 0. The van der Waals surface area contributed by atoms with Gasteiger partial charge in [-0.2, -0.15) is 0 Å². The van der Waals surface area contributed by atoms with Gasteiger partial charge in [-0.25, -0.2) is 8.78 Å². The van der Waals surface area contributed by atoms with Crippen LogP contribution in [0.15, 0.2) is 18.2 Å². The summed E-state index contributed by atoms with van der Waals surface area (Å²) in [6.07, 6.45) is 1.01. The van der Waals surface area contributed by atoms with E-state index in [9.17, 15) is 8.78 Å². The Balaban J connectivity index is 2.80. The molecule has 1 aromatic carbocycles. The molecule has 102 valence electrons. The van der Waals surface area contributed by atoms with E-state index in [4.69, 9.17) is 4.74 Å². The number of nitrogens with one attached hydrogen (secondary N) is 1. The van der Waals surface area contributed by atoms with Gasteiger partial charge < -0.3 is 10.1 Å². The highest BCUT2D eigenvalue weighted by Gasteiger charge is 2.18. The van der Waals surface area contributed by atoms with Crippen LogP contribution in [-0.4, -0.2) is 19.3 Å². The summed E-state index contributed by atoms with van der Waals surface area (Å²) < 4.78 is 32.5. The van der Waals surface area contributed by atoms with E-state index >= 15 is 0 Å². The van der Waals surface area contributed by atoms with E-state index in [1.165, 1.54) is 6.07 Å². The fourth-order valence-electron chi connectivity index (χ4n) is 1.67. The number of likely N-dealkylation sites (N-methyl/N-ethyl adjacent to an activating group) is 1. The lowest BCUT2D eigenvalue weighted by Crippen LogP contribution is -2.28. The van der Waals surface area contributed by atoms with Gasteiger partial charge in [-0.3, -0.25) is 0 Å². The van der Waals surface area contributed by atoms with Gasteiger partial charge in [-0.1, -0.05) is 26.0 Å². The third kappa shape index (κ3) is 4.03. The number of halogens is 2. The van der Waals surface area contributed by atoms with Gasteiger partial charge in [0.2, 0.25) is 0 Å². The van der Waals surface area contributed by atoms with Gasteiger partial charge in [0.15, 0.2) is 11.6 Å². The molecule has 0 radical (unpaired) electrons. The molecule has 2 nitrogen and oxygen atoms in total. The van der Waals surface area contributed by atoms with E-state index in [1.54, 1.807) is 6.07 Å². The van der Waals surface area contributed by atoms with Gasteiger partial charge in [0.1, 0.15) is 0 Å². The largest absolute Gasteiger partial charge is 0.377 e. The molecule has 0 saturated carbocycles. The Bertz CT molecular complexity index is 371. The molecule has 2 atom stereocenters. The van der Waals surface area contributed by atoms with Crippen LogP contribution in [0.5, 0.6) is 0 Å². The Morgan fingerprint density at radius 3 is 2.61 bits per heavy atom. The van der Waals surface area contributed by atoms with E-state index < -0.39 is 11.6 Å². The molecule has 0 fully saturated rings. The first-order valence-electron chi connectivity index (χ1n) is 6.39. The summed E-state index contributed by atoms with van der Waals surface area (Å²) in [6.45, 7) is 6.92. The molecule has 2 unspecified atom stereocenters. The lowest BCUT2D eigenvalue weighted by atomic mass is 10.1. The summed E-state index contributed by atoms with van der Waals surface area (Å²) in [5.74, 6) is -1.62. The zero-order valence-electron chi connectivity index (χ0n) is 11.2. The van der Waals surface area contributed by atoms with E-state index in [2.05, 4.69) is 5.32 Å². The topological polar surface area (TPSA) is 21.3 Å². The molecular formula is C14H21F2NO. The zero-order valence-corrected chi connectivity index (χ0v) is 11.2.